The molecule has 1 heterocycles. The lowest BCUT2D eigenvalue weighted by Gasteiger charge is -2.30. The van der Waals surface area contributed by atoms with Crippen LogP contribution in [0, 0.1) is 5.82 Å². The van der Waals surface area contributed by atoms with Crippen LogP contribution in [0.5, 0.6) is 0 Å². The number of carbonyl (C=O) groups excluding carboxylic acids is 2. The summed E-state index contributed by atoms with van der Waals surface area (Å²) in [5.74, 6) is -0.782. The van der Waals surface area contributed by atoms with Crippen molar-refractivity contribution in [3.63, 3.8) is 0 Å². The number of carbonyl (C=O) groups is 2. The van der Waals surface area contributed by atoms with E-state index in [-0.39, 0.29) is 23.3 Å². The molecule has 3 aromatic rings. The second-order valence-electron chi connectivity index (χ2n) is 7.87. The normalized spacial score (nSPS) is 11.7. The van der Waals surface area contributed by atoms with E-state index in [1.54, 1.807) is 29.2 Å². The molecule has 6 nitrogen and oxygen atoms in total. The third-order valence-electron chi connectivity index (χ3n) is 5.36. The van der Waals surface area contributed by atoms with Gasteiger partial charge in [0.1, 0.15) is 5.82 Å². The van der Waals surface area contributed by atoms with Gasteiger partial charge >= 0.3 is 0 Å². The fourth-order valence-corrected chi connectivity index (χ4v) is 3.43. The van der Waals surface area contributed by atoms with Crippen molar-refractivity contribution in [2.45, 2.75) is 32.9 Å². The van der Waals surface area contributed by atoms with Crippen LogP contribution in [0.15, 0.2) is 65.3 Å². The topological polar surface area (TPSA) is 65.8 Å². The zero-order valence-corrected chi connectivity index (χ0v) is 18.8. The summed E-state index contributed by atoms with van der Waals surface area (Å²) < 4.78 is 18.8. The van der Waals surface area contributed by atoms with Gasteiger partial charge in [-0.05, 0) is 67.4 Å². The van der Waals surface area contributed by atoms with Crippen LogP contribution in [-0.4, -0.2) is 36.9 Å². The van der Waals surface area contributed by atoms with Gasteiger partial charge in [0.25, 0.3) is 11.8 Å². The first kappa shape index (κ1) is 23.1. The van der Waals surface area contributed by atoms with E-state index in [0.717, 1.165) is 17.7 Å². The summed E-state index contributed by atoms with van der Waals surface area (Å²) in [5, 5.41) is 2.82. The van der Waals surface area contributed by atoms with Gasteiger partial charge in [-0.15, -0.1) is 0 Å². The SMILES string of the molecule is CCC(C)N(Cc1cc(NC(=O)c2cccc(F)c2)ccc1N(C)C)C(=O)c1ccco1. The zero-order valence-electron chi connectivity index (χ0n) is 18.8. The lowest BCUT2D eigenvalue weighted by molar-refractivity contribution is 0.0639. The van der Waals surface area contributed by atoms with Crippen LogP contribution in [0.2, 0.25) is 0 Å². The molecule has 1 unspecified atom stereocenters. The van der Waals surface area contributed by atoms with Crippen LogP contribution in [0.3, 0.4) is 0 Å². The Bertz CT molecular complexity index is 1080. The van der Waals surface area contributed by atoms with E-state index in [2.05, 4.69) is 5.32 Å². The Hall–Kier alpha value is -3.61. The highest BCUT2D eigenvalue weighted by Gasteiger charge is 2.24. The molecule has 3 rings (SSSR count). The largest absolute Gasteiger partial charge is 0.459 e. The van der Waals surface area contributed by atoms with Crippen molar-refractivity contribution < 1.29 is 18.4 Å². The third-order valence-corrected chi connectivity index (χ3v) is 5.36. The molecule has 1 atom stereocenters. The molecule has 0 radical (unpaired) electrons. The molecule has 0 fully saturated rings. The van der Waals surface area contributed by atoms with Gasteiger partial charge in [0.05, 0.1) is 6.26 Å². The lowest BCUT2D eigenvalue weighted by Crippen LogP contribution is -2.38. The Morgan fingerprint density at radius 3 is 2.50 bits per heavy atom. The molecule has 7 heteroatoms. The highest BCUT2D eigenvalue weighted by molar-refractivity contribution is 6.04. The maximum atomic E-state index is 13.5. The van der Waals surface area contributed by atoms with Gasteiger partial charge in [-0.2, -0.15) is 0 Å². The van der Waals surface area contributed by atoms with Crippen molar-refractivity contribution in [3.8, 4) is 0 Å². The molecule has 0 aliphatic rings. The van der Waals surface area contributed by atoms with Crippen LogP contribution in [0.25, 0.3) is 0 Å². The first-order chi connectivity index (χ1) is 15.3. The smallest absolute Gasteiger partial charge is 0.290 e. The number of hydrogen-bond acceptors (Lipinski definition) is 4. The Morgan fingerprint density at radius 1 is 1.09 bits per heavy atom. The van der Waals surface area contributed by atoms with Crippen LogP contribution < -0.4 is 10.2 Å². The molecule has 32 heavy (non-hydrogen) atoms. The van der Waals surface area contributed by atoms with Crippen LogP contribution in [0.4, 0.5) is 15.8 Å². The number of nitrogens with zero attached hydrogens (tertiary/aromatic N) is 2. The number of furan rings is 1. The van der Waals surface area contributed by atoms with E-state index in [1.807, 2.05) is 45.0 Å². The summed E-state index contributed by atoms with van der Waals surface area (Å²) in [4.78, 5) is 29.4. The van der Waals surface area contributed by atoms with Gasteiger partial charge in [-0.1, -0.05) is 13.0 Å². The Morgan fingerprint density at radius 2 is 1.88 bits per heavy atom. The average Bonchev–Trinajstić information content (AvgIpc) is 3.31. The molecular formula is C25H28FN3O3. The minimum absolute atomic E-state index is 0.0202. The zero-order chi connectivity index (χ0) is 23.3. The molecule has 0 saturated carbocycles. The molecule has 2 aromatic carbocycles. The Balaban J connectivity index is 1.91. The van der Waals surface area contributed by atoms with E-state index in [4.69, 9.17) is 4.42 Å². The Labute approximate surface area is 187 Å². The monoisotopic (exact) mass is 437 g/mol. The summed E-state index contributed by atoms with van der Waals surface area (Å²) in [6, 6.07) is 14.4. The van der Waals surface area contributed by atoms with Crippen molar-refractivity contribution in [2.75, 3.05) is 24.3 Å². The van der Waals surface area contributed by atoms with E-state index in [0.29, 0.717) is 12.2 Å². The summed E-state index contributed by atoms with van der Waals surface area (Å²) in [6.45, 7) is 4.35. The summed E-state index contributed by atoms with van der Waals surface area (Å²) >= 11 is 0. The van der Waals surface area contributed by atoms with E-state index in [9.17, 15) is 14.0 Å². The maximum absolute atomic E-state index is 13.5. The van der Waals surface area contributed by atoms with Crippen LogP contribution in [0.1, 0.15) is 46.7 Å². The fourth-order valence-electron chi connectivity index (χ4n) is 3.43. The second kappa shape index (κ2) is 10.1. The summed E-state index contributed by atoms with van der Waals surface area (Å²) in [5.41, 5.74) is 2.59. The molecule has 168 valence electrons. The number of nitrogens with one attached hydrogen (secondary N) is 1. The highest BCUT2D eigenvalue weighted by Crippen LogP contribution is 2.27. The predicted octanol–water partition coefficient (Wildman–Crippen LogP) is 5.18. The standard InChI is InChI=1S/C25H28FN3O3/c1-5-17(2)29(25(31)23-10-7-13-32-23)16-19-15-21(11-12-22(19)28(3)4)27-24(30)18-8-6-9-20(26)14-18/h6-15,17H,5,16H2,1-4H3,(H,27,30). The summed E-state index contributed by atoms with van der Waals surface area (Å²) in [6.07, 6.45) is 2.26. The Kier molecular flexibility index (Phi) is 7.30. The van der Waals surface area contributed by atoms with Crippen molar-refractivity contribution >= 4 is 23.2 Å². The average molecular weight is 438 g/mol. The van der Waals surface area contributed by atoms with Crippen molar-refractivity contribution in [1.82, 2.24) is 4.90 Å². The van der Waals surface area contributed by atoms with Crippen molar-refractivity contribution in [3.05, 3.63) is 83.6 Å². The van der Waals surface area contributed by atoms with Gasteiger partial charge in [0.15, 0.2) is 5.76 Å². The van der Waals surface area contributed by atoms with Gasteiger partial charge in [0.2, 0.25) is 0 Å². The highest BCUT2D eigenvalue weighted by atomic mass is 19.1. The molecular weight excluding hydrogens is 409 g/mol. The molecule has 0 spiro atoms. The number of halogens is 1. The molecule has 0 aliphatic heterocycles. The van der Waals surface area contributed by atoms with Crippen LogP contribution >= 0.6 is 0 Å². The van der Waals surface area contributed by atoms with Gasteiger partial charge in [-0.3, -0.25) is 9.59 Å². The molecule has 2 amide bonds. The van der Waals surface area contributed by atoms with Gasteiger partial charge < -0.3 is 19.5 Å². The number of anilines is 2. The lowest BCUT2D eigenvalue weighted by atomic mass is 10.1. The number of amides is 2. The van der Waals surface area contributed by atoms with E-state index < -0.39 is 11.7 Å². The minimum Gasteiger partial charge on any atom is -0.459 e. The van der Waals surface area contributed by atoms with Crippen LogP contribution in [-0.2, 0) is 6.54 Å². The third kappa shape index (κ3) is 5.35. The maximum Gasteiger partial charge on any atom is 0.290 e. The minimum atomic E-state index is -0.470. The predicted molar refractivity (Wildman–Crippen MR) is 123 cm³/mol. The number of benzene rings is 2. The van der Waals surface area contributed by atoms with E-state index in [1.165, 1.54) is 24.5 Å². The molecule has 0 bridgehead atoms. The summed E-state index contributed by atoms with van der Waals surface area (Å²) in [7, 11) is 3.84. The van der Waals surface area contributed by atoms with Crippen molar-refractivity contribution in [2.24, 2.45) is 0 Å². The second-order valence-corrected chi connectivity index (χ2v) is 7.87. The van der Waals surface area contributed by atoms with Gasteiger partial charge in [-0.25, -0.2) is 4.39 Å². The molecule has 0 aliphatic carbocycles. The first-order valence-electron chi connectivity index (χ1n) is 10.5. The molecule has 1 N–H and O–H groups in total. The van der Waals surface area contributed by atoms with Crippen molar-refractivity contribution in [1.29, 1.82) is 0 Å². The quantitative estimate of drug-likeness (QED) is 0.528. The van der Waals surface area contributed by atoms with Gasteiger partial charge in [0, 0.05) is 43.6 Å². The number of rotatable bonds is 8. The fraction of sp³-hybridized carbons (Fsp3) is 0.280. The van der Waals surface area contributed by atoms with E-state index >= 15 is 0 Å². The molecule has 0 saturated heterocycles. The number of hydrogen-bond donors (Lipinski definition) is 1. The first-order valence-corrected chi connectivity index (χ1v) is 10.5. The molecule has 1 aromatic heterocycles.